The van der Waals surface area contributed by atoms with Gasteiger partial charge in [-0.1, -0.05) is 24.3 Å². The highest BCUT2D eigenvalue weighted by Crippen LogP contribution is 2.26. The fourth-order valence-corrected chi connectivity index (χ4v) is 2.41. The van der Waals surface area contributed by atoms with E-state index in [-0.39, 0.29) is 11.8 Å². The van der Waals surface area contributed by atoms with Gasteiger partial charge in [-0.25, -0.2) is 4.79 Å². The molecule has 2 aromatic carbocycles. The van der Waals surface area contributed by atoms with Gasteiger partial charge in [-0.3, -0.25) is 4.79 Å². The summed E-state index contributed by atoms with van der Waals surface area (Å²) >= 11 is 0. The molecule has 0 radical (unpaired) electrons. The van der Waals surface area contributed by atoms with Gasteiger partial charge in [-0.15, -0.1) is 0 Å². The molecule has 4 N–H and O–H groups in total. The van der Waals surface area contributed by atoms with Crippen molar-refractivity contribution in [1.82, 2.24) is 0 Å². The molecule has 6 nitrogen and oxygen atoms in total. The van der Waals surface area contributed by atoms with E-state index in [1.807, 2.05) is 31.2 Å². The summed E-state index contributed by atoms with van der Waals surface area (Å²) in [6, 6.07) is 12.4. The summed E-state index contributed by atoms with van der Waals surface area (Å²) in [5.74, 6) is 0.570. The molecular weight excluding hydrogens is 318 g/mol. The van der Waals surface area contributed by atoms with Gasteiger partial charge in [0.2, 0.25) is 0 Å². The SMILES string of the molecule is COc1cc(CC(=O)CCN)ccc1NC(=O)Nc1ccccc1C. The third-order valence-electron chi connectivity index (χ3n) is 3.73. The van der Waals surface area contributed by atoms with Gasteiger partial charge < -0.3 is 21.1 Å². The molecule has 0 aliphatic rings. The zero-order chi connectivity index (χ0) is 18.2. The van der Waals surface area contributed by atoms with Gasteiger partial charge in [0.05, 0.1) is 12.8 Å². The van der Waals surface area contributed by atoms with Crippen molar-refractivity contribution >= 4 is 23.2 Å². The monoisotopic (exact) mass is 341 g/mol. The zero-order valence-corrected chi connectivity index (χ0v) is 14.5. The summed E-state index contributed by atoms with van der Waals surface area (Å²) < 4.78 is 5.32. The second-order valence-electron chi connectivity index (χ2n) is 5.68. The Morgan fingerprint density at radius 2 is 1.80 bits per heavy atom. The van der Waals surface area contributed by atoms with Gasteiger partial charge in [0.1, 0.15) is 11.5 Å². The lowest BCUT2D eigenvalue weighted by Crippen LogP contribution is -2.20. The van der Waals surface area contributed by atoms with Crippen LogP contribution in [0.15, 0.2) is 42.5 Å². The van der Waals surface area contributed by atoms with Crippen LogP contribution in [-0.2, 0) is 11.2 Å². The van der Waals surface area contributed by atoms with E-state index < -0.39 is 0 Å². The number of urea groups is 1. The third-order valence-corrected chi connectivity index (χ3v) is 3.73. The van der Waals surface area contributed by atoms with E-state index in [0.717, 1.165) is 16.8 Å². The Bertz CT molecular complexity index is 759. The average Bonchev–Trinajstić information content (AvgIpc) is 2.58. The molecule has 0 saturated heterocycles. The molecule has 6 heteroatoms. The number of para-hydroxylation sites is 1. The molecule has 2 amide bonds. The number of methoxy groups -OCH3 is 1. The minimum Gasteiger partial charge on any atom is -0.495 e. The molecule has 0 bridgehead atoms. The number of aryl methyl sites for hydroxylation is 1. The zero-order valence-electron chi connectivity index (χ0n) is 14.5. The first-order valence-electron chi connectivity index (χ1n) is 8.05. The van der Waals surface area contributed by atoms with Gasteiger partial charge in [0, 0.05) is 18.5 Å². The number of ether oxygens (including phenoxy) is 1. The normalized spacial score (nSPS) is 10.2. The van der Waals surface area contributed by atoms with Crippen LogP contribution in [0.3, 0.4) is 0 Å². The van der Waals surface area contributed by atoms with E-state index in [0.29, 0.717) is 30.8 Å². The minimum absolute atomic E-state index is 0.0718. The number of hydrogen-bond donors (Lipinski definition) is 3. The number of ketones is 1. The fourth-order valence-electron chi connectivity index (χ4n) is 2.41. The maximum Gasteiger partial charge on any atom is 0.323 e. The van der Waals surface area contributed by atoms with E-state index in [1.54, 1.807) is 18.2 Å². The number of anilines is 2. The topological polar surface area (TPSA) is 93.4 Å². The van der Waals surface area contributed by atoms with Gasteiger partial charge >= 0.3 is 6.03 Å². The maximum atomic E-state index is 12.2. The van der Waals surface area contributed by atoms with Crippen LogP contribution in [0, 0.1) is 6.92 Å². The number of rotatable bonds is 7. The highest BCUT2D eigenvalue weighted by Gasteiger charge is 2.11. The fraction of sp³-hybridized carbons (Fsp3) is 0.263. The van der Waals surface area contributed by atoms with Crippen molar-refractivity contribution in [1.29, 1.82) is 0 Å². The number of carbonyl (C=O) groups is 2. The van der Waals surface area contributed by atoms with Crippen LogP contribution >= 0.6 is 0 Å². The molecule has 0 fully saturated rings. The molecule has 2 aromatic rings. The smallest absolute Gasteiger partial charge is 0.323 e. The Morgan fingerprint density at radius 3 is 2.48 bits per heavy atom. The van der Waals surface area contributed by atoms with Crippen LogP contribution in [-0.4, -0.2) is 25.5 Å². The molecule has 0 spiro atoms. The molecule has 0 atom stereocenters. The van der Waals surface area contributed by atoms with Gasteiger partial charge in [-0.2, -0.15) is 0 Å². The van der Waals surface area contributed by atoms with Gasteiger partial charge in [0.15, 0.2) is 0 Å². The van der Waals surface area contributed by atoms with Crippen molar-refractivity contribution in [2.45, 2.75) is 19.8 Å². The lowest BCUT2D eigenvalue weighted by atomic mass is 10.1. The predicted octanol–water partition coefficient (Wildman–Crippen LogP) is 3.11. The van der Waals surface area contributed by atoms with E-state index >= 15 is 0 Å². The molecule has 0 saturated carbocycles. The summed E-state index contributed by atoms with van der Waals surface area (Å²) in [5.41, 5.74) is 8.45. The molecule has 0 heterocycles. The number of Topliss-reactive ketones (excluding diaryl/α,β-unsaturated/α-hetero) is 1. The standard InChI is InChI=1S/C19H23N3O3/c1-13-5-3-4-6-16(13)21-19(24)22-17-8-7-14(12-18(17)25-2)11-15(23)9-10-20/h3-8,12H,9-11,20H2,1-2H3,(H2,21,22,24). The van der Waals surface area contributed by atoms with Crippen molar-refractivity contribution in [3.8, 4) is 5.75 Å². The highest BCUT2D eigenvalue weighted by atomic mass is 16.5. The summed E-state index contributed by atoms with van der Waals surface area (Å²) in [5, 5.41) is 5.56. The molecule has 132 valence electrons. The number of hydrogen-bond acceptors (Lipinski definition) is 4. The van der Waals surface area contributed by atoms with Crippen molar-refractivity contribution < 1.29 is 14.3 Å². The Balaban J connectivity index is 2.07. The summed E-state index contributed by atoms with van der Waals surface area (Å²) in [4.78, 5) is 23.9. The van der Waals surface area contributed by atoms with E-state index in [4.69, 9.17) is 10.5 Å². The third kappa shape index (κ3) is 5.32. The van der Waals surface area contributed by atoms with E-state index in [2.05, 4.69) is 10.6 Å². The predicted molar refractivity (Wildman–Crippen MR) is 99.2 cm³/mol. The Labute approximate surface area is 147 Å². The molecule has 0 aromatic heterocycles. The van der Waals surface area contributed by atoms with E-state index in [9.17, 15) is 9.59 Å². The molecule has 2 rings (SSSR count). The van der Waals surface area contributed by atoms with Crippen LogP contribution in [0.1, 0.15) is 17.5 Å². The lowest BCUT2D eigenvalue weighted by molar-refractivity contribution is -0.118. The van der Waals surface area contributed by atoms with Crippen molar-refractivity contribution in [2.24, 2.45) is 5.73 Å². The number of amides is 2. The highest BCUT2D eigenvalue weighted by molar-refractivity contribution is 6.01. The largest absolute Gasteiger partial charge is 0.495 e. The minimum atomic E-state index is -0.362. The van der Waals surface area contributed by atoms with Crippen LogP contribution in [0.4, 0.5) is 16.2 Å². The molecule has 0 aliphatic heterocycles. The van der Waals surface area contributed by atoms with Gasteiger partial charge in [0.25, 0.3) is 0 Å². The molecular formula is C19H23N3O3. The van der Waals surface area contributed by atoms with Gasteiger partial charge in [-0.05, 0) is 42.8 Å². The molecule has 25 heavy (non-hydrogen) atoms. The second kappa shape index (κ2) is 8.84. The second-order valence-corrected chi connectivity index (χ2v) is 5.68. The quantitative estimate of drug-likeness (QED) is 0.721. The molecule has 0 unspecified atom stereocenters. The molecule has 0 aliphatic carbocycles. The number of benzene rings is 2. The van der Waals surface area contributed by atoms with Crippen LogP contribution in [0.2, 0.25) is 0 Å². The van der Waals surface area contributed by atoms with Crippen LogP contribution in [0.25, 0.3) is 0 Å². The van der Waals surface area contributed by atoms with Crippen molar-refractivity contribution in [2.75, 3.05) is 24.3 Å². The maximum absolute atomic E-state index is 12.2. The van der Waals surface area contributed by atoms with E-state index in [1.165, 1.54) is 7.11 Å². The van der Waals surface area contributed by atoms with Crippen molar-refractivity contribution in [3.05, 3.63) is 53.6 Å². The first kappa shape index (κ1) is 18.5. The first-order chi connectivity index (χ1) is 12.0. The Hall–Kier alpha value is -2.86. The van der Waals surface area contributed by atoms with Crippen LogP contribution < -0.4 is 21.1 Å². The Morgan fingerprint density at radius 1 is 1.08 bits per heavy atom. The number of carbonyl (C=O) groups excluding carboxylic acids is 2. The lowest BCUT2D eigenvalue weighted by Gasteiger charge is -2.13. The summed E-state index contributed by atoms with van der Waals surface area (Å²) in [7, 11) is 1.52. The summed E-state index contributed by atoms with van der Waals surface area (Å²) in [6.45, 7) is 2.26. The first-order valence-corrected chi connectivity index (χ1v) is 8.05. The van der Waals surface area contributed by atoms with Crippen LogP contribution in [0.5, 0.6) is 5.75 Å². The Kier molecular flexibility index (Phi) is 6.54. The number of nitrogens with two attached hydrogens (primary N) is 1. The summed E-state index contributed by atoms with van der Waals surface area (Å²) in [6.07, 6.45) is 0.643. The average molecular weight is 341 g/mol. The van der Waals surface area contributed by atoms with Crippen molar-refractivity contribution in [3.63, 3.8) is 0 Å². The number of nitrogens with one attached hydrogen (secondary N) is 2.